The van der Waals surface area contributed by atoms with Crippen LogP contribution in [0.2, 0.25) is 0 Å². The summed E-state index contributed by atoms with van der Waals surface area (Å²) in [6, 6.07) is 10.4. The van der Waals surface area contributed by atoms with Gasteiger partial charge < -0.3 is 5.11 Å². The Hall–Kier alpha value is -3.94. The van der Waals surface area contributed by atoms with E-state index in [2.05, 4.69) is 15.0 Å². The van der Waals surface area contributed by atoms with E-state index in [9.17, 15) is 20.0 Å². The summed E-state index contributed by atoms with van der Waals surface area (Å²) in [5.41, 5.74) is 0.997. The van der Waals surface area contributed by atoms with E-state index in [-0.39, 0.29) is 16.9 Å². The van der Waals surface area contributed by atoms with Gasteiger partial charge in [0, 0.05) is 29.6 Å². The lowest BCUT2D eigenvalue weighted by molar-refractivity contribution is -0.385. The van der Waals surface area contributed by atoms with Gasteiger partial charge in [0.25, 0.3) is 5.69 Å². The molecule has 2 aromatic heterocycles. The monoisotopic (exact) mass is 348 g/mol. The van der Waals surface area contributed by atoms with Crippen LogP contribution in [-0.4, -0.2) is 31.0 Å². The minimum absolute atomic E-state index is 0.107. The molecule has 0 bridgehead atoms. The highest BCUT2D eigenvalue weighted by molar-refractivity contribution is 5.93. The van der Waals surface area contributed by atoms with E-state index in [1.54, 1.807) is 18.5 Å². The van der Waals surface area contributed by atoms with Crippen LogP contribution in [0.5, 0.6) is 0 Å². The summed E-state index contributed by atoms with van der Waals surface area (Å²) in [5.74, 6) is -0.723. The molecule has 128 valence electrons. The van der Waals surface area contributed by atoms with E-state index in [0.717, 1.165) is 17.8 Å². The van der Waals surface area contributed by atoms with Gasteiger partial charge in [-0.3, -0.25) is 10.1 Å². The molecule has 8 heteroatoms. The number of carboxylic acid groups (broad SMARTS) is 1. The first-order valence-corrected chi connectivity index (χ1v) is 7.48. The lowest BCUT2D eigenvalue weighted by atomic mass is 10.1. The summed E-state index contributed by atoms with van der Waals surface area (Å²) in [4.78, 5) is 33.7. The number of rotatable bonds is 5. The molecule has 1 aromatic carbocycles. The maximum Gasteiger partial charge on any atom is 0.338 e. The Balaban J connectivity index is 1.86. The number of pyridine rings is 1. The van der Waals surface area contributed by atoms with Crippen molar-refractivity contribution >= 4 is 23.8 Å². The molecule has 0 saturated carbocycles. The van der Waals surface area contributed by atoms with Crippen molar-refractivity contribution in [2.24, 2.45) is 0 Å². The van der Waals surface area contributed by atoms with Crippen LogP contribution in [0.3, 0.4) is 0 Å². The molecule has 0 aliphatic rings. The van der Waals surface area contributed by atoms with Crippen molar-refractivity contribution in [3.63, 3.8) is 0 Å². The average Bonchev–Trinajstić information content (AvgIpc) is 2.67. The molecule has 0 fully saturated rings. The number of nitro groups is 1. The lowest BCUT2D eigenvalue weighted by Gasteiger charge is -2.01. The second-order valence-electron chi connectivity index (χ2n) is 5.23. The van der Waals surface area contributed by atoms with Crippen molar-refractivity contribution in [1.82, 2.24) is 15.0 Å². The Bertz CT molecular complexity index is 986. The highest BCUT2D eigenvalue weighted by Gasteiger charge is 2.15. The number of aromatic nitrogens is 3. The van der Waals surface area contributed by atoms with Gasteiger partial charge in [0.2, 0.25) is 0 Å². The Labute approximate surface area is 147 Å². The summed E-state index contributed by atoms with van der Waals surface area (Å²) in [5, 5.41) is 20.0. The van der Waals surface area contributed by atoms with Gasteiger partial charge in [-0.1, -0.05) is 30.3 Å². The van der Waals surface area contributed by atoms with Gasteiger partial charge in [-0.05, 0) is 12.2 Å². The van der Waals surface area contributed by atoms with Crippen molar-refractivity contribution in [2.45, 2.75) is 0 Å². The molecule has 0 amide bonds. The van der Waals surface area contributed by atoms with Crippen molar-refractivity contribution in [3.8, 4) is 11.4 Å². The summed E-state index contributed by atoms with van der Waals surface area (Å²) in [7, 11) is 0. The zero-order valence-corrected chi connectivity index (χ0v) is 13.3. The van der Waals surface area contributed by atoms with Crippen LogP contribution in [0.4, 0.5) is 5.69 Å². The van der Waals surface area contributed by atoms with Crippen molar-refractivity contribution in [1.29, 1.82) is 0 Å². The fourth-order valence-electron chi connectivity index (χ4n) is 2.20. The van der Waals surface area contributed by atoms with Crippen molar-refractivity contribution in [3.05, 3.63) is 81.9 Å². The molecule has 3 rings (SSSR count). The number of nitrogens with zero attached hydrogens (tertiary/aromatic N) is 4. The zero-order valence-electron chi connectivity index (χ0n) is 13.3. The number of hydrogen-bond donors (Lipinski definition) is 1. The second-order valence-corrected chi connectivity index (χ2v) is 5.23. The van der Waals surface area contributed by atoms with E-state index in [1.165, 1.54) is 6.08 Å². The molecule has 3 aromatic rings. The molecule has 1 N–H and O–H groups in total. The van der Waals surface area contributed by atoms with E-state index >= 15 is 0 Å². The minimum Gasteiger partial charge on any atom is -0.478 e. The maximum absolute atomic E-state index is 11.3. The predicted octanol–water partition coefficient (Wildman–Crippen LogP) is 3.32. The van der Waals surface area contributed by atoms with Crippen LogP contribution in [0.25, 0.3) is 23.5 Å². The second kappa shape index (κ2) is 7.31. The van der Waals surface area contributed by atoms with Gasteiger partial charge in [0.1, 0.15) is 6.20 Å². The Morgan fingerprint density at radius 2 is 1.73 bits per heavy atom. The molecule has 0 aliphatic carbocycles. The molecule has 0 saturated heterocycles. The van der Waals surface area contributed by atoms with Gasteiger partial charge >= 0.3 is 5.97 Å². The Morgan fingerprint density at radius 3 is 2.35 bits per heavy atom. The largest absolute Gasteiger partial charge is 0.478 e. The third-order valence-corrected chi connectivity index (χ3v) is 3.48. The number of carboxylic acids is 1. The van der Waals surface area contributed by atoms with Crippen LogP contribution in [0.1, 0.15) is 21.6 Å². The first-order valence-electron chi connectivity index (χ1n) is 7.48. The fourth-order valence-corrected chi connectivity index (χ4v) is 2.20. The van der Waals surface area contributed by atoms with E-state index in [1.807, 2.05) is 30.3 Å². The van der Waals surface area contributed by atoms with Crippen molar-refractivity contribution < 1.29 is 14.8 Å². The highest BCUT2D eigenvalue weighted by atomic mass is 16.6. The van der Waals surface area contributed by atoms with Gasteiger partial charge in [-0.25, -0.2) is 19.7 Å². The zero-order chi connectivity index (χ0) is 18.5. The third-order valence-electron chi connectivity index (χ3n) is 3.48. The molecule has 0 unspecified atom stereocenters. The molecule has 0 radical (unpaired) electrons. The van der Waals surface area contributed by atoms with Crippen molar-refractivity contribution in [2.75, 3.05) is 0 Å². The van der Waals surface area contributed by atoms with Gasteiger partial charge in [0.05, 0.1) is 16.2 Å². The normalized spacial score (nSPS) is 10.8. The highest BCUT2D eigenvalue weighted by Crippen LogP contribution is 2.18. The van der Waals surface area contributed by atoms with Crippen LogP contribution in [0.15, 0.2) is 55.0 Å². The van der Waals surface area contributed by atoms with Crippen LogP contribution in [0, 0.1) is 10.1 Å². The van der Waals surface area contributed by atoms with Gasteiger partial charge in [-0.15, -0.1) is 0 Å². The molecule has 0 atom stereocenters. The number of hydrogen-bond acceptors (Lipinski definition) is 6. The van der Waals surface area contributed by atoms with Crippen LogP contribution in [-0.2, 0) is 0 Å². The summed E-state index contributed by atoms with van der Waals surface area (Å²) < 4.78 is 0. The summed E-state index contributed by atoms with van der Waals surface area (Å²) >= 11 is 0. The Morgan fingerprint density at radius 1 is 1.04 bits per heavy atom. The molecule has 26 heavy (non-hydrogen) atoms. The van der Waals surface area contributed by atoms with Crippen LogP contribution < -0.4 is 0 Å². The first kappa shape index (κ1) is 16.9. The van der Waals surface area contributed by atoms with E-state index in [0.29, 0.717) is 11.4 Å². The average molecular weight is 348 g/mol. The quantitative estimate of drug-likeness (QED) is 0.555. The number of carbonyl (C=O) groups is 1. The summed E-state index contributed by atoms with van der Waals surface area (Å²) in [6.45, 7) is 0. The molecule has 0 spiro atoms. The first-order chi connectivity index (χ1) is 12.5. The van der Waals surface area contributed by atoms with E-state index < -0.39 is 10.9 Å². The molecule has 8 nitrogen and oxygen atoms in total. The molecule has 2 heterocycles. The SMILES string of the molecule is O=C(O)c1cc([N+](=O)[O-])cnc1C=Cc1cnc(-c2ccccc2)nc1. The predicted molar refractivity (Wildman–Crippen MR) is 94.2 cm³/mol. The maximum atomic E-state index is 11.3. The molecular weight excluding hydrogens is 336 g/mol. The van der Waals surface area contributed by atoms with Gasteiger partial charge in [0.15, 0.2) is 5.82 Å². The molecule has 0 aliphatic heterocycles. The summed E-state index contributed by atoms with van der Waals surface area (Å²) in [6.07, 6.45) is 7.25. The third kappa shape index (κ3) is 3.75. The fraction of sp³-hybridized carbons (Fsp3) is 0. The van der Waals surface area contributed by atoms with Crippen LogP contribution >= 0.6 is 0 Å². The number of aromatic carboxylic acids is 1. The standard InChI is InChI=1S/C18H12N4O4/c23-18(24)15-8-14(22(25)26)11-19-16(15)7-6-12-9-20-17(21-10-12)13-4-2-1-3-5-13/h1-11H,(H,23,24). The van der Waals surface area contributed by atoms with E-state index in [4.69, 9.17) is 0 Å². The topological polar surface area (TPSA) is 119 Å². The smallest absolute Gasteiger partial charge is 0.338 e. The minimum atomic E-state index is -1.29. The Kier molecular flexibility index (Phi) is 4.75. The lowest BCUT2D eigenvalue weighted by Crippen LogP contribution is -2.03. The number of benzene rings is 1. The van der Waals surface area contributed by atoms with Gasteiger partial charge in [-0.2, -0.15) is 0 Å². The molecular formula is C18H12N4O4.